The maximum atomic E-state index is 12.2. The summed E-state index contributed by atoms with van der Waals surface area (Å²) < 4.78 is 11.1. The summed E-state index contributed by atoms with van der Waals surface area (Å²) >= 11 is 3.16. The van der Waals surface area contributed by atoms with Gasteiger partial charge < -0.3 is 14.6 Å². The largest absolute Gasteiger partial charge is 0.486 e. The van der Waals surface area contributed by atoms with Crippen LogP contribution < -0.4 is 4.74 Å². The third-order valence-corrected chi connectivity index (χ3v) is 4.40. The molecule has 6 heteroatoms. The number of rotatable bonds is 3. The number of fused-ring (bicyclic) bond motifs is 1. The molecule has 0 radical (unpaired) electrons. The number of carbonyl (C=O) groups excluding carboxylic acids is 2. The van der Waals surface area contributed by atoms with Crippen LogP contribution in [-0.2, 0) is 14.3 Å². The third-order valence-electron chi connectivity index (χ3n) is 3.61. The van der Waals surface area contributed by atoms with E-state index in [4.69, 9.17) is 9.47 Å². The van der Waals surface area contributed by atoms with Crippen LogP contribution in [0.4, 0.5) is 0 Å². The monoisotopic (exact) mass is 376 g/mol. The molecular weight excluding hydrogens is 364 g/mol. The van der Waals surface area contributed by atoms with Crippen molar-refractivity contribution in [2.45, 2.75) is 12.5 Å². The highest BCUT2D eigenvalue weighted by Gasteiger charge is 2.47. The summed E-state index contributed by atoms with van der Waals surface area (Å²) in [6.07, 6.45) is 2.80. The van der Waals surface area contributed by atoms with Crippen LogP contribution >= 0.6 is 15.9 Å². The lowest BCUT2D eigenvalue weighted by Crippen LogP contribution is -2.48. The number of hydrogen-bond acceptors (Lipinski definition) is 5. The Bertz CT molecular complexity index is 771. The zero-order chi connectivity index (χ0) is 16.6. The van der Waals surface area contributed by atoms with Crippen LogP contribution in [-0.4, -0.2) is 28.9 Å². The molecule has 0 spiro atoms. The molecule has 1 aromatic carbocycles. The first-order chi connectivity index (χ1) is 10.9. The fourth-order valence-electron chi connectivity index (χ4n) is 2.28. The molecular formula is C17H13BrO5. The number of ether oxygens (including phenoxy) is 2. The Morgan fingerprint density at radius 1 is 1.22 bits per heavy atom. The van der Waals surface area contributed by atoms with Crippen molar-refractivity contribution < 1.29 is 24.2 Å². The van der Waals surface area contributed by atoms with Crippen LogP contribution in [0, 0.1) is 0 Å². The lowest BCUT2D eigenvalue weighted by molar-refractivity contribution is -0.144. The van der Waals surface area contributed by atoms with Gasteiger partial charge in [-0.3, -0.25) is 9.59 Å². The Kier molecular flexibility index (Phi) is 3.95. The molecule has 0 saturated heterocycles. The molecule has 0 fully saturated rings. The summed E-state index contributed by atoms with van der Waals surface area (Å²) in [5.74, 6) is -0.221. The molecule has 0 saturated carbocycles. The number of ketones is 2. The van der Waals surface area contributed by atoms with Gasteiger partial charge in [0, 0.05) is 5.57 Å². The number of aliphatic hydroxyl groups is 1. The van der Waals surface area contributed by atoms with Crippen molar-refractivity contribution in [1.29, 1.82) is 0 Å². The number of Topliss-reactive ketones (excluding diaryl/α,β-unsaturated/α-hetero) is 2. The lowest BCUT2D eigenvalue weighted by atomic mass is 9.80. The molecule has 1 unspecified atom stereocenters. The molecule has 1 aliphatic heterocycles. The van der Waals surface area contributed by atoms with Crippen molar-refractivity contribution in [2.24, 2.45) is 0 Å². The molecule has 1 N–H and O–H groups in total. The van der Waals surface area contributed by atoms with Crippen molar-refractivity contribution in [1.82, 2.24) is 0 Å². The molecule has 1 atom stereocenters. The number of hydrogen-bond donors (Lipinski definition) is 1. The lowest BCUT2D eigenvalue weighted by Gasteiger charge is -2.29. The Morgan fingerprint density at radius 2 is 1.91 bits per heavy atom. The molecule has 23 heavy (non-hydrogen) atoms. The Balaban J connectivity index is 1.85. The maximum absolute atomic E-state index is 12.2. The summed E-state index contributed by atoms with van der Waals surface area (Å²) in [5, 5.41) is 10.0. The molecule has 1 aliphatic carbocycles. The minimum absolute atomic E-state index is 0.147. The van der Waals surface area contributed by atoms with E-state index in [9.17, 15) is 14.7 Å². The first-order valence-corrected chi connectivity index (χ1v) is 7.68. The minimum Gasteiger partial charge on any atom is -0.486 e. The van der Waals surface area contributed by atoms with E-state index >= 15 is 0 Å². The SMILES string of the molecule is CC1(O)C(=O)C2=COC(COc3ccccc3)=CC2=C(Br)C1=O. The summed E-state index contributed by atoms with van der Waals surface area (Å²) in [6.45, 7) is 1.32. The highest BCUT2D eigenvalue weighted by Crippen LogP contribution is 2.37. The van der Waals surface area contributed by atoms with E-state index in [0.717, 1.165) is 0 Å². The zero-order valence-corrected chi connectivity index (χ0v) is 13.8. The van der Waals surface area contributed by atoms with Crippen molar-refractivity contribution in [3.8, 4) is 5.75 Å². The molecule has 0 aromatic heterocycles. The average Bonchev–Trinajstić information content (AvgIpc) is 2.57. The predicted molar refractivity (Wildman–Crippen MR) is 85.8 cm³/mol. The van der Waals surface area contributed by atoms with Gasteiger partial charge in [0.05, 0.1) is 10.1 Å². The minimum atomic E-state index is -2.08. The number of allylic oxidation sites excluding steroid dienone is 2. The molecule has 0 amide bonds. The second-order valence-corrected chi connectivity index (χ2v) is 6.11. The van der Waals surface area contributed by atoms with Gasteiger partial charge in [0.1, 0.15) is 24.4 Å². The molecule has 2 aliphatic rings. The standard InChI is InChI=1S/C17H13BrO5/c1-17(21)15(19)13-9-23-11(7-12(13)14(18)16(17)20)8-22-10-5-3-2-4-6-10/h2-7,9,21H,8H2,1H3. The fraction of sp³-hybridized carbons (Fsp3) is 0.176. The molecule has 118 valence electrons. The predicted octanol–water partition coefficient (Wildman–Crippen LogP) is 2.42. The van der Waals surface area contributed by atoms with Crippen molar-refractivity contribution in [3.63, 3.8) is 0 Å². The Labute approximate surface area is 141 Å². The van der Waals surface area contributed by atoms with Gasteiger partial charge in [-0.2, -0.15) is 0 Å². The summed E-state index contributed by atoms with van der Waals surface area (Å²) in [4.78, 5) is 24.3. The van der Waals surface area contributed by atoms with Crippen molar-refractivity contribution in [3.05, 3.63) is 64.1 Å². The van der Waals surface area contributed by atoms with E-state index in [1.165, 1.54) is 13.2 Å². The van der Waals surface area contributed by atoms with E-state index in [-0.39, 0.29) is 16.7 Å². The van der Waals surface area contributed by atoms with Crippen LogP contribution in [0.1, 0.15) is 6.92 Å². The van der Waals surface area contributed by atoms with Crippen LogP contribution in [0.25, 0.3) is 0 Å². The van der Waals surface area contributed by atoms with Crippen LogP contribution in [0.15, 0.2) is 64.1 Å². The van der Waals surface area contributed by atoms with Gasteiger partial charge in [0.15, 0.2) is 5.60 Å². The average molecular weight is 377 g/mol. The van der Waals surface area contributed by atoms with E-state index in [1.807, 2.05) is 30.3 Å². The summed E-state index contributed by atoms with van der Waals surface area (Å²) in [6, 6.07) is 9.20. The maximum Gasteiger partial charge on any atom is 0.209 e. The topological polar surface area (TPSA) is 72.8 Å². The second-order valence-electron chi connectivity index (χ2n) is 5.32. The first kappa shape index (κ1) is 15.7. The van der Waals surface area contributed by atoms with E-state index < -0.39 is 17.2 Å². The van der Waals surface area contributed by atoms with Gasteiger partial charge in [-0.25, -0.2) is 0 Å². The number of benzene rings is 1. The van der Waals surface area contributed by atoms with Crippen LogP contribution in [0.2, 0.25) is 0 Å². The van der Waals surface area contributed by atoms with Gasteiger partial charge in [0.2, 0.25) is 11.6 Å². The van der Waals surface area contributed by atoms with Gasteiger partial charge in [-0.05, 0) is 41.1 Å². The first-order valence-electron chi connectivity index (χ1n) is 6.88. The van der Waals surface area contributed by atoms with Crippen molar-refractivity contribution in [2.75, 3.05) is 6.61 Å². The molecule has 1 aromatic rings. The number of carbonyl (C=O) groups is 2. The highest BCUT2D eigenvalue weighted by molar-refractivity contribution is 9.12. The van der Waals surface area contributed by atoms with Gasteiger partial charge in [-0.1, -0.05) is 18.2 Å². The van der Waals surface area contributed by atoms with Gasteiger partial charge in [0.25, 0.3) is 0 Å². The fourth-order valence-corrected chi connectivity index (χ4v) is 2.99. The zero-order valence-electron chi connectivity index (χ0n) is 12.2. The van der Waals surface area contributed by atoms with Crippen LogP contribution in [0.5, 0.6) is 5.75 Å². The molecule has 5 nitrogen and oxygen atoms in total. The van der Waals surface area contributed by atoms with E-state index in [1.54, 1.807) is 6.08 Å². The quantitative estimate of drug-likeness (QED) is 0.820. The van der Waals surface area contributed by atoms with E-state index in [2.05, 4.69) is 15.9 Å². The van der Waals surface area contributed by atoms with Crippen LogP contribution in [0.3, 0.4) is 0 Å². The smallest absolute Gasteiger partial charge is 0.209 e. The Morgan fingerprint density at radius 3 is 2.61 bits per heavy atom. The van der Waals surface area contributed by atoms with Gasteiger partial charge >= 0.3 is 0 Å². The van der Waals surface area contributed by atoms with Crippen molar-refractivity contribution >= 4 is 27.5 Å². The number of para-hydroxylation sites is 1. The second kappa shape index (κ2) is 5.79. The third kappa shape index (κ3) is 2.75. The summed E-state index contributed by atoms with van der Waals surface area (Å²) in [7, 11) is 0. The normalized spacial score (nSPS) is 23.8. The van der Waals surface area contributed by atoms with Gasteiger partial charge in [-0.15, -0.1) is 0 Å². The molecule has 3 rings (SSSR count). The molecule has 0 bridgehead atoms. The highest BCUT2D eigenvalue weighted by atomic mass is 79.9. The van der Waals surface area contributed by atoms with E-state index in [0.29, 0.717) is 17.1 Å². The summed E-state index contributed by atoms with van der Waals surface area (Å²) in [5.41, 5.74) is -1.53. The number of halogens is 1. The molecule has 1 heterocycles. The Hall–Kier alpha value is -2.18.